The Hall–Kier alpha value is -0.680. The lowest BCUT2D eigenvalue weighted by atomic mass is 10.5. The fourth-order valence-electron chi connectivity index (χ4n) is 0.205. The fraction of sp³-hybridized carbons (Fsp3) is 0.500. The Balaban J connectivity index is 4.20. The second-order valence-corrected chi connectivity index (χ2v) is 1.35. The molecule has 0 N–H and O–H groups in total. The van der Waals surface area contributed by atoms with E-state index in [0.29, 0.717) is 0 Å². The Morgan fingerprint density at radius 2 is 1.60 bits per heavy atom. The van der Waals surface area contributed by atoms with Crippen molar-refractivity contribution >= 4 is 0 Å². The van der Waals surface area contributed by atoms with Crippen molar-refractivity contribution in [3.05, 3.63) is 11.9 Å². The number of allylic oxidation sites excluding steroid dienone is 2. The highest BCUT2D eigenvalue weighted by Crippen LogP contribution is 2.26. The summed E-state index contributed by atoms with van der Waals surface area (Å²) in [6, 6.07) is 0. The van der Waals surface area contributed by atoms with E-state index in [1.54, 1.807) is 0 Å². The molecule has 0 atom stereocenters. The van der Waals surface area contributed by atoms with E-state index in [0.717, 1.165) is 0 Å². The Kier molecular flexibility index (Phi) is 2.74. The lowest BCUT2D eigenvalue weighted by Gasteiger charge is -2.00. The summed E-state index contributed by atoms with van der Waals surface area (Å²) in [5, 5.41) is 0. The monoisotopic (exact) mass is 164 g/mol. The molecule has 0 unspecified atom stereocenters. The maximum Gasteiger partial charge on any atom is 0.442 e. The Labute approximate surface area is 52.1 Å². The topological polar surface area (TPSA) is 0 Å². The number of alkyl halides is 5. The molecular formula is C4H2F6. The molecule has 0 saturated carbocycles. The van der Waals surface area contributed by atoms with E-state index < -0.39 is 24.5 Å². The van der Waals surface area contributed by atoms with Gasteiger partial charge in [-0.05, 0) is 0 Å². The quantitative estimate of drug-likeness (QED) is 0.522. The van der Waals surface area contributed by atoms with E-state index in [1.165, 1.54) is 0 Å². The average Bonchev–Trinajstić information content (AvgIpc) is 1.60. The first-order valence-corrected chi connectivity index (χ1v) is 2.06. The largest absolute Gasteiger partial charge is 0.442 e. The molecule has 10 heavy (non-hydrogen) atoms. The summed E-state index contributed by atoms with van der Waals surface area (Å²) in [7, 11) is 0. The third-order valence-corrected chi connectivity index (χ3v) is 0.543. The van der Waals surface area contributed by atoms with Crippen LogP contribution < -0.4 is 0 Å². The summed E-state index contributed by atoms with van der Waals surface area (Å²) in [5.41, 5.74) is 0. The molecule has 0 aliphatic carbocycles. The number of rotatable bonds is 1. The molecule has 0 radical (unpaired) electrons. The number of hydrogen-bond acceptors (Lipinski definition) is 0. The minimum atomic E-state index is -5.30. The van der Waals surface area contributed by atoms with Gasteiger partial charge in [-0.1, -0.05) is 0 Å². The zero-order valence-corrected chi connectivity index (χ0v) is 4.42. The SMILES string of the molecule is FC(=CC(F)F)C(F)(F)F. The van der Waals surface area contributed by atoms with Crippen LogP contribution in [0.5, 0.6) is 0 Å². The zero-order valence-electron chi connectivity index (χ0n) is 4.42. The maximum atomic E-state index is 11.4. The minimum absolute atomic E-state index is 0.792. The molecule has 0 aromatic heterocycles. The molecule has 0 spiro atoms. The van der Waals surface area contributed by atoms with Crippen LogP contribution in [0.25, 0.3) is 0 Å². The molecule has 0 fully saturated rings. The van der Waals surface area contributed by atoms with Crippen LogP contribution in [0.1, 0.15) is 0 Å². The minimum Gasteiger partial charge on any atom is -0.206 e. The van der Waals surface area contributed by atoms with Gasteiger partial charge in [0.05, 0.1) is 0 Å². The lowest BCUT2D eigenvalue weighted by molar-refractivity contribution is -0.110. The van der Waals surface area contributed by atoms with E-state index in [2.05, 4.69) is 0 Å². The van der Waals surface area contributed by atoms with Crippen LogP contribution in [0.4, 0.5) is 26.3 Å². The van der Waals surface area contributed by atoms with Gasteiger partial charge in [0.1, 0.15) is 0 Å². The number of halogens is 6. The van der Waals surface area contributed by atoms with Gasteiger partial charge in [-0.15, -0.1) is 0 Å². The van der Waals surface area contributed by atoms with Crippen LogP contribution in [0.15, 0.2) is 11.9 Å². The summed E-state index contributed by atoms with van der Waals surface area (Å²) in [6.45, 7) is 0. The third kappa shape index (κ3) is 3.37. The summed E-state index contributed by atoms with van der Waals surface area (Å²) < 4.78 is 66.5. The van der Waals surface area contributed by atoms with Crippen molar-refractivity contribution in [3.8, 4) is 0 Å². The molecule has 0 aliphatic rings. The van der Waals surface area contributed by atoms with E-state index in [9.17, 15) is 26.3 Å². The highest BCUT2D eigenvalue weighted by molar-refractivity contribution is 5.00. The van der Waals surface area contributed by atoms with E-state index in [-0.39, 0.29) is 0 Å². The van der Waals surface area contributed by atoms with Gasteiger partial charge in [0, 0.05) is 6.08 Å². The van der Waals surface area contributed by atoms with Crippen molar-refractivity contribution in [2.24, 2.45) is 0 Å². The van der Waals surface area contributed by atoms with Crippen LogP contribution in [-0.4, -0.2) is 12.6 Å². The molecule has 0 aromatic carbocycles. The smallest absolute Gasteiger partial charge is 0.206 e. The number of hydrogen-bond donors (Lipinski definition) is 0. The molecule has 0 aliphatic heterocycles. The molecule has 0 aromatic rings. The van der Waals surface area contributed by atoms with Gasteiger partial charge in [0.2, 0.25) is 5.83 Å². The van der Waals surface area contributed by atoms with Gasteiger partial charge in [0.25, 0.3) is 6.43 Å². The van der Waals surface area contributed by atoms with Crippen LogP contribution >= 0.6 is 0 Å². The average molecular weight is 164 g/mol. The van der Waals surface area contributed by atoms with Crippen molar-refractivity contribution in [2.75, 3.05) is 0 Å². The van der Waals surface area contributed by atoms with E-state index in [4.69, 9.17) is 0 Å². The standard InChI is InChI=1S/C4H2F6/c5-2(1-3(6)7)4(8,9)10/h1,3H. The molecule has 0 saturated heterocycles. The molecule has 0 nitrogen and oxygen atoms in total. The van der Waals surface area contributed by atoms with Crippen LogP contribution in [0, 0.1) is 0 Å². The molecule has 0 rings (SSSR count). The predicted molar refractivity (Wildman–Crippen MR) is 21.2 cm³/mol. The van der Waals surface area contributed by atoms with Gasteiger partial charge in [-0.3, -0.25) is 0 Å². The molecule has 0 heterocycles. The lowest BCUT2D eigenvalue weighted by Crippen LogP contribution is -2.08. The second-order valence-electron chi connectivity index (χ2n) is 1.35. The molecular weight excluding hydrogens is 162 g/mol. The van der Waals surface area contributed by atoms with E-state index in [1.807, 2.05) is 0 Å². The van der Waals surface area contributed by atoms with Gasteiger partial charge in [-0.25, -0.2) is 13.2 Å². The summed E-state index contributed by atoms with van der Waals surface area (Å²) in [4.78, 5) is 0. The third-order valence-electron chi connectivity index (χ3n) is 0.543. The van der Waals surface area contributed by atoms with Crippen molar-refractivity contribution < 1.29 is 26.3 Å². The van der Waals surface area contributed by atoms with Gasteiger partial charge < -0.3 is 0 Å². The van der Waals surface area contributed by atoms with Gasteiger partial charge in [-0.2, -0.15) is 13.2 Å². The summed E-state index contributed by atoms with van der Waals surface area (Å²) in [5.74, 6) is -2.76. The van der Waals surface area contributed by atoms with Gasteiger partial charge >= 0.3 is 6.18 Å². The Bertz CT molecular complexity index is 131. The molecule has 60 valence electrons. The first-order chi connectivity index (χ1) is 4.34. The predicted octanol–water partition coefficient (Wildman–Crippen LogP) is 2.67. The summed E-state index contributed by atoms with van der Waals surface area (Å²) >= 11 is 0. The molecule has 0 amide bonds. The molecule has 6 heteroatoms. The van der Waals surface area contributed by atoms with Crippen LogP contribution in [-0.2, 0) is 0 Å². The Morgan fingerprint density at radius 1 is 1.20 bits per heavy atom. The van der Waals surface area contributed by atoms with Crippen molar-refractivity contribution in [3.63, 3.8) is 0 Å². The van der Waals surface area contributed by atoms with Crippen LogP contribution in [0.3, 0.4) is 0 Å². The normalized spacial score (nSPS) is 14.5. The zero-order chi connectivity index (χ0) is 8.36. The van der Waals surface area contributed by atoms with Gasteiger partial charge in [0.15, 0.2) is 0 Å². The maximum absolute atomic E-state index is 11.4. The highest BCUT2D eigenvalue weighted by atomic mass is 19.4. The first-order valence-electron chi connectivity index (χ1n) is 2.06. The Morgan fingerprint density at radius 3 is 1.70 bits per heavy atom. The fourth-order valence-corrected chi connectivity index (χ4v) is 0.205. The van der Waals surface area contributed by atoms with Crippen molar-refractivity contribution in [1.82, 2.24) is 0 Å². The van der Waals surface area contributed by atoms with Crippen LogP contribution in [0.2, 0.25) is 0 Å². The first kappa shape index (κ1) is 9.32. The van der Waals surface area contributed by atoms with Crippen molar-refractivity contribution in [2.45, 2.75) is 12.6 Å². The van der Waals surface area contributed by atoms with Crippen molar-refractivity contribution in [1.29, 1.82) is 0 Å². The highest BCUT2D eigenvalue weighted by Gasteiger charge is 2.35. The summed E-state index contributed by atoms with van der Waals surface area (Å²) in [6.07, 6.45) is -9.50. The second kappa shape index (κ2) is 2.94. The van der Waals surface area contributed by atoms with E-state index >= 15 is 0 Å². The molecule has 0 bridgehead atoms.